The Kier molecular flexibility index (Phi) is 6.42. The number of hydrazone groups is 2. The number of nitrogens with one attached hydrogen (secondary N) is 2. The second-order valence-corrected chi connectivity index (χ2v) is 5.58. The number of benzene rings is 2. The summed E-state index contributed by atoms with van der Waals surface area (Å²) in [4.78, 5) is 23.2. The van der Waals surface area contributed by atoms with Gasteiger partial charge in [-0.05, 0) is 24.3 Å². The highest BCUT2D eigenvalue weighted by atomic mass is 16.3. The van der Waals surface area contributed by atoms with Crippen molar-refractivity contribution in [3.05, 3.63) is 35.4 Å². The summed E-state index contributed by atoms with van der Waals surface area (Å²) >= 11 is 0. The Morgan fingerprint density at radius 2 is 1.00 bits per heavy atom. The molecule has 2 aromatic rings. The van der Waals surface area contributed by atoms with Crippen molar-refractivity contribution in [3.8, 4) is 34.5 Å². The molecular weight excluding hydrogens is 388 g/mol. The lowest BCUT2D eigenvalue weighted by Crippen LogP contribution is -2.27. The van der Waals surface area contributed by atoms with Crippen LogP contribution >= 0.6 is 0 Å². The zero-order valence-electron chi connectivity index (χ0n) is 14.6. The van der Waals surface area contributed by atoms with E-state index in [-0.39, 0.29) is 11.1 Å². The van der Waals surface area contributed by atoms with Gasteiger partial charge in [0.2, 0.25) is 11.8 Å². The van der Waals surface area contributed by atoms with E-state index in [0.717, 1.165) is 36.7 Å². The molecule has 0 saturated heterocycles. The SMILES string of the molecule is O=C(CC(=O)N/N=C/c1cc(O)c(O)c(O)c1)N/N=C/c1cc(O)c(O)c(O)c1. The molecule has 0 aliphatic heterocycles. The van der Waals surface area contributed by atoms with Gasteiger partial charge < -0.3 is 30.6 Å². The predicted octanol–water partition coefficient (Wildman–Crippen LogP) is -0.0893. The third kappa shape index (κ3) is 5.75. The minimum absolute atomic E-state index is 0.174. The van der Waals surface area contributed by atoms with Crippen molar-refractivity contribution in [1.29, 1.82) is 0 Å². The number of amides is 2. The van der Waals surface area contributed by atoms with Crippen molar-refractivity contribution in [2.24, 2.45) is 10.2 Å². The third-order valence-electron chi connectivity index (χ3n) is 3.31. The first-order valence-corrected chi connectivity index (χ1v) is 7.81. The van der Waals surface area contributed by atoms with Crippen LogP contribution in [0.4, 0.5) is 0 Å². The van der Waals surface area contributed by atoms with E-state index < -0.39 is 52.7 Å². The normalized spacial score (nSPS) is 11.0. The molecule has 2 rings (SSSR count). The maximum Gasteiger partial charge on any atom is 0.249 e. The molecule has 2 amide bonds. The molecule has 0 atom stereocenters. The molecule has 0 saturated carbocycles. The van der Waals surface area contributed by atoms with E-state index in [2.05, 4.69) is 10.2 Å². The average Bonchev–Trinajstić information content (AvgIpc) is 2.64. The minimum Gasteiger partial charge on any atom is -0.504 e. The molecule has 0 aromatic heterocycles. The Hall–Kier alpha value is -4.48. The largest absolute Gasteiger partial charge is 0.504 e. The molecule has 0 radical (unpaired) electrons. The fourth-order valence-corrected chi connectivity index (χ4v) is 1.98. The number of phenolic OH excluding ortho intramolecular Hbond substituents is 6. The second kappa shape index (κ2) is 8.94. The van der Waals surface area contributed by atoms with Crippen LogP contribution < -0.4 is 10.9 Å². The molecule has 8 N–H and O–H groups in total. The maximum absolute atomic E-state index is 11.6. The first kappa shape index (κ1) is 20.8. The van der Waals surface area contributed by atoms with Gasteiger partial charge in [0, 0.05) is 11.1 Å². The van der Waals surface area contributed by atoms with Crippen LogP contribution in [0, 0.1) is 0 Å². The molecule has 0 fully saturated rings. The number of phenols is 6. The van der Waals surface area contributed by atoms with Gasteiger partial charge in [-0.1, -0.05) is 0 Å². The van der Waals surface area contributed by atoms with Crippen LogP contribution in [0.1, 0.15) is 17.5 Å². The van der Waals surface area contributed by atoms with Crippen molar-refractivity contribution in [2.45, 2.75) is 6.42 Å². The summed E-state index contributed by atoms with van der Waals surface area (Å²) in [6.07, 6.45) is 1.50. The molecule has 0 aliphatic carbocycles. The topological polar surface area (TPSA) is 204 Å². The molecule has 2 aromatic carbocycles. The lowest BCUT2D eigenvalue weighted by atomic mass is 10.2. The summed E-state index contributed by atoms with van der Waals surface area (Å²) in [7, 11) is 0. The highest BCUT2D eigenvalue weighted by molar-refractivity contribution is 5.97. The van der Waals surface area contributed by atoms with Crippen LogP contribution in [0.3, 0.4) is 0 Å². The minimum atomic E-state index is -0.791. The van der Waals surface area contributed by atoms with Gasteiger partial charge >= 0.3 is 0 Å². The molecule has 152 valence electrons. The summed E-state index contributed by atoms with van der Waals surface area (Å²) in [6.45, 7) is 0. The Balaban J connectivity index is 1.84. The lowest BCUT2D eigenvalue weighted by molar-refractivity contribution is -0.129. The van der Waals surface area contributed by atoms with E-state index in [0.29, 0.717) is 0 Å². The van der Waals surface area contributed by atoms with Crippen molar-refractivity contribution in [1.82, 2.24) is 10.9 Å². The Morgan fingerprint density at radius 3 is 1.31 bits per heavy atom. The van der Waals surface area contributed by atoms with Gasteiger partial charge in [0.25, 0.3) is 0 Å². The number of carbonyl (C=O) groups excluding carboxylic acids is 2. The fourth-order valence-electron chi connectivity index (χ4n) is 1.98. The molecule has 0 spiro atoms. The van der Waals surface area contributed by atoms with Gasteiger partial charge in [0.1, 0.15) is 6.42 Å². The lowest BCUT2D eigenvalue weighted by Gasteiger charge is -2.03. The predicted molar refractivity (Wildman–Crippen MR) is 99.0 cm³/mol. The van der Waals surface area contributed by atoms with Gasteiger partial charge in [-0.25, -0.2) is 10.9 Å². The molecule has 0 bridgehead atoms. The zero-order chi connectivity index (χ0) is 21.6. The molecule has 12 heteroatoms. The molecule has 12 nitrogen and oxygen atoms in total. The summed E-state index contributed by atoms with van der Waals surface area (Å²) < 4.78 is 0. The van der Waals surface area contributed by atoms with Gasteiger partial charge in [-0.15, -0.1) is 0 Å². The summed E-state index contributed by atoms with van der Waals surface area (Å²) in [5.74, 6) is -5.28. The number of hydrogen-bond acceptors (Lipinski definition) is 10. The van der Waals surface area contributed by atoms with E-state index in [9.17, 15) is 40.2 Å². The smallest absolute Gasteiger partial charge is 0.249 e. The first-order valence-electron chi connectivity index (χ1n) is 7.81. The molecule has 0 heterocycles. The average molecular weight is 404 g/mol. The quantitative estimate of drug-likeness (QED) is 0.141. The maximum atomic E-state index is 11.6. The molecule has 29 heavy (non-hydrogen) atoms. The molecular formula is C17H16N4O8. The molecule has 0 aliphatic rings. The van der Waals surface area contributed by atoms with Crippen LogP contribution in [-0.4, -0.2) is 54.9 Å². The summed E-state index contributed by atoms with van der Waals surface area (Å²) in [6, 6.07) is 4.35. The van der Waals surface area contributed by atoms with Crippen molar-refractivity contribution in [3.63, 3.8) is 0 Å². The van der Waals surface area contributed by atoms with E-state index in [1.165, 1.54) is 0 Å². The summed E-state index contributed by atoms with van der Waals surface area (Å²) in [5.41, 5.74) is 4.43. The number of nitrogens with zero attached hydrogens (tertiary/aromatic N) is 2. The number of aromatic hydroxyl groups is 6. The fraction of sp³-hybridized carbons (Fsp3) is 0.0588. The van der Waals surface area contributed by atoms with Gasteiger partial charge in [0.05, 0.1) is 12.4 Å². The van der Waals surface area contributed by atoms with E-state index in [1.807, 2.05) is 10.9 Å². The zero-order valence-corrected chi connectivity index (χ0v) is 14.6. The van der Waals surface area contributed by atoms with Crippen LogP contribution in [0.2, 0.25) is 0 Å². The van der Waals surface area contributed by atoms with Crippen molar-refractivity contribution >= 4 is 24.2 Å². The van der Waals surface area contributed by atoms with Gasteiger partial charge in [-0.2, -0.15) is 10.2 Å². The summed E-state index contributed by atoms with van der Waals surface area (Å²) in [5, 5.41) is 62.9. The number of carbonyl (C=O) groups is 2. The van der Waals surface area contributed by atoms with E-state index in [4.69, 9.17) is 0 Å². The second-order valence-electron chi connectivity index (χ2n) is 5.58. The highest BCUT2D eigenvalue weighted by Crippen LogP contribution is 2.35. The Morgan fingerprint density at radius 1 is 0.690 bits per heavy atom. The number of hydrogen-bond donors (Lipinski definition) is 8. The Labute approximate surface area is 162 Å². The molecule has 0 unspecified atom stereocenters. The van der Waals surface area contributed by atoms with Crippen LogP contribution in [-0.2, 0) is 9.59 Å². The van der Waals surface area contributed by atoms with E-state index >= 15 is 0 Å². The van der Waals surface area contributed by atoms with Crippen molar-refractivity contribution in [2.75, 3.05) is 0 Å². The van der Waals surface area contributed by atoms with Crippen LogP contribution in [0.25, 0.3) is 0 Å². The van der Waals surface area contributed by atoms with Gasteiger partial charge in [-0.3, -0.25) is 9.59 Å². The number of rotatable bonds is 6. The monoisotopic (exact) mass is 404 g/mol. The van der Waals surface area contributed by atoms with Crippen molar-refractivity contribution < 1.29 is 40.2 Å². The third-order valence-corrected chi connectivity index (χ3v) is 3.31. The van der Waals surface area contributed by atoms with Crippen LogP contribution in [0.5, 0.6) is 34.5 Å². The Bertz CT molecular complexity index is 877. The standard InChI is InChI=1S/C17H16N4O8/c22-10-1-8(2-11(23)16(10)28)6-18-20-14(26)5-15(27)21-19-7-9-3-12(24)17(29)13(25)4-9/h1-4,6-7,22-25,28-29H,5H2,(H,20,26)(H,21,27)/b18-6+,19-7+. The van der Waals surface area contributed by atoms with Gasteiger partial charge in [0.15, 0.2) is 34.5 Å². The van der Waals surface area contributed by atoms with Crippen LogP contribution in [0.15, 0.2) is 34.5 Å². The van der Waals surface area contributed by atoms with E-state index in [1.54, 1.807) is 0 Å². The first-order chi connectivity index (χ1) is 13.7. The highest BCUT2D eigenvalue weighted by Gasteiger charge is 2.10.